The molecule has 1 amide bonds. The molecule has 0 unspecified atom stereocenters. The van der Waals surface area contributed by atoms with Crippen LogP contribution in [0, 0.1) is 11.6 Å². The van der Waals surface area contributed by atoms with Crippen LogP contribution in [0.4, 0.5) is 8.78 Å². The molecule has 146 valence electrons. The molecule has 1 aromatic carbocycles. The highest BCUT2D eigenvalue weighted by atomic mass is 19.1. The van der Waals surface area contributed by atoms with E-state index >= 15 is 0 Å². The fourth-order valence-corrected chi connectivity index (χ4v) is 2.17. The van der Waals surface area contributed by atoms with Gasteiger partial charge in [0.25, 0.3) is 5.91 Å². The summed E-state index contributed by atoms with van der Waals surface area (Å²) < 4.78 is 37.0. The van der Waals surface area contributed by atoms with E-state index in [0.717, 1.165) is 18.6 Å². The van der Waals surface area contributed by atoms with Crippen LogP contribution in [0.1, 0.15) is 39.5 Å². The van der Waals surface area contributed by atoms with E-state index in [0.29, 0.717) is 0 Å². The van der Waals surface area contributed by atoms with Crippen molar-refractivity contribution in [3.8, 4) is 11.3 Å². The number of hydrogen-bond donors (Lipinski definition) is 1. The maximum Gasteiger partial charge on any atom is 0.306 e. The number of nitrogens with zero attached hydrogens (tertiary/aromatic N) is 1. The first-order chi connectivity index (χ1) is 12.7. The lowest BCUT2D eigenvalue weighted by molar-refractivity contribution is -0.149. The number of nitrogens with one attached hydrogen (secondary N) is 1. The number of carbonyl (C=O) groups excluding carboxylic acids is 2. The molecule has 0 aliphatic heterocycles. The number of ether oxygens (including phenoxy) is 1. The molecule has 0 aliphatic carbocycles. The van der Waals surface area contributed by atoms with E-state index in [-0.39, 0.29) is 48.1 Å². The lowest BCUT2D eigenvalue weighted by Crippen LogP contribution is -2.44. The number of hydrogen-bond acceptors (Lipinski definition) is 5. The summed E-state index contributed by atoms with van der Waals surface area (Å²) in [6, 6.07) is 3.11. The summed E-state index contributed by atoms with van der Waals surface area (Å²) in [7, 11) is 0. The number of rotatable bonds is 8. The van der Waals surface area contributed by atoms with Crippen LogP contribution in [0.5, 0.6) is 0 Å². The van der Waals surface area contributed by atoms with Crippen LogP contribution in [0.15, 0.2) is 28.8 Å². The molecule has 0 bridgehead atoms. The van der Waals surface area contributed by atoms with Gasteiger partial charge in [-0.25, -0.2) is 13.8 Å². The number of aromatic nitrogens is 1. The molecule has 0 saturated carbocycles. The Labute approximate surface area is 155 Å². The zero-order chi connectivity index (χ0) is 20.0. The van der Waals surface area contributed by atoms with Gasteiger partial charge in [0.15, 0.2) is 18.3 Å². The summed E-state index contributed by atoms with van der Waals surface area (Å²) >= 11 is 0. The molecule has 27 heavy (non-hydrogen) atoms. The number of oxazole rings is 1. The Kier molecular flexibility index (Phi) is 6.65. The zero-order valence-electron chi connectivity index (χ0n) is 15.5. The van der Waals surface area contributed by atoms with Crippen molar-refractivity contribution in [1.29, 1.82) is 0 Å². The Morgan fingerprint density at radius 2 is 2.04 bits per heavy atom. The molecule has 2 rings (SSSR count). The average molecular weight is 380 g/mol. The van der Waals surface area contributed by atoms with Crippen molar-refractivity contribution in [2.24, 2.45) is 0 Å². The number of halogens is 2. The second kappa shape index (κ2) is 8.75. The minimum absolute atomic E-state index is 0.0453. The maximum absolute atomic E-state index is 13.7. The first kappa shape index (κ1) is 20.5. The molecular formula is C19H22F2N2O4. The molecule has 6 nitrogen and oxygen atoms in total. The lowest BCUT2D eigenvalue weighted by atomic mass is 10.0. The van der Waals surface area contributed by atoms with E-state index in [2.05, 4.69) is 10.3 Å². The zero-order valence-corrected chi connectivity index (χ0v) is 15.5. The standard InChI is InChI=1S/C19H22F2N2O4/c1-4-19(2,3)23-16(24)11-26-18(25)8-7-17-22-10-15(27-17)13-6-5-12(20)9-14(13)21/h5-6,9-10H,4,7-8,11H2,1-3H3,(H,23,24). The highest BCUT2D eigenvalue weighted by Gasteiger charge is 2.19. The molecule has 0 fully saturated rings. The summed E-state index contributed by atoms with van der Waals surface area (Å²) in [5, 5.41) is 2.76. The van der Waals surface area contributed by atoms with Crippen LogP contribution in [0.3, 0.4) is 0 Å². The van der Waals surface area contributed by atoms with Crippen molar-refractivity contribution < 1.29 is 27.5 Å². The molecule has 0 aliphatic rings. The van der Waals surface area contributed by atoms with Crippen LogP contribution in [-0.2, 0) is 20.7 Å². The minimum Gasteiger partial charge on any atom is -0.456 e. The maximum atomic E-state index is 13.7. The highest BCUT2D eigenvalue weighted by Crippen LogP contribution is 2.24. The Morgan fingerprint density at radius 3 is 2.70 bits per heavy atom. The summed E-state index contributed by atoms with van der Waals surface area (Å²) in [6.45, 7) is 5.32. The van der Waals surface area contributed by atoms with Gasteiger partial charge in [0.2, 0.25) is 0 Å². The Hall–Kier alpha value is -2.77. The van der Waals surface area contributed by atoms with Gasteiger partial charge in [-0.2, -0.15) is 0 Å². The molecule has 1 aromatic heterocycles. The van der Waals surface area contributed by atoms with Gasteiger partial charge in [-0.3, -0.25) is 9.59 Å². The van der Waals surface area contributed by atoms with Crippen molar-refractivity contribution in [3.05, 3.63) is 41.9 Å². The first-order valence-electron chi connectivity index (χ1n) is 8.57. The molecule has 1 N–H and O–H groups in total. The molecule has 0 spiro atoms. The first-order valence-corrected chi connectivity index (χ1v) is 8.57. The molecular weight excluding hydrogens is 358 g/mol. The van der Waals surface area contributed by atoms with E-state index in [4.69, 9.17) is 9.15 Å². The van der Waals surface area contributed by atoms with E-state index < -0.39 is 17.6 Å². The smallest absolute Gasteiger partial charge is 0.306 e. The Morgan fingerprint density at radius 1 is 1.30 bits per heavy atom. The van der Waals surface area contributed by atoms with Crippen molar-refractivity contribution in [2.75, 3.05) is 6.61 Å². The van der Waals surface area contributed by atoms with Gasteiger partial charge < -0.3 is 14.5 Å². The largest absolute Gasteiger partial charge is 0.456 e. The second-order valence-corrected chi connectivity index (χ2v) is 6.69. The van der Waals surface area contributed by atoms with Crippen LogP contribution < -0.4 is 5.32 Å². The molecule has 1 heterocycles. The van der Waals surface area contributed by atoms with E-state index in [1.807, 2.05) is 20.8 Å². The van der Waals surface area contributed by atoms with Crippen molar-refractivity contribution >= 4 is 11.9 Å². The van der Waals surface area contributed by atoms with Gasteiger partial charge in [-0.05, 0) is 32.4 Å². The van der Waals surface area contributed by atoms with Gasteiger partial charge in [0, 0.05) is 18.0 Å². The summed E-state index contributed by atoms with van der Waals surface area (Å²) in [6.07, 6.45) is 2.13. The number of aryl methyl sites for hydroxylation is 1. The molecule has 0 saturated heterocycles. The predicted octanol–water partition coefficient (Wildman–Crippen LogP) is 3.40. The molecule has 0 radical (unpaired) electrons. The Bertz CT molecular complexity index is 818. The summed E-state index contributed by atoms with van der Waals surface area (Å²) in [4.78, 5) is 27.5. The van der Waals surface area contributed by atoms with Crippen LogP contribution >= 0.6 is 0 Å². The van der Waals surface area contributed by atoms with Gasteiger partial charge in [-0.15, -0.1) is 0 Å². The van der Waals surface area contributed by atoms with E-state index in [1.165, 1.54) is 12.3 Å². The normalized spacial score (nSPS) is 11.3. The van der Waals surface area contributed by atoms with Gasteiger partial charge >= 0.3 is 5.97 Å². The lowest BCUT2D eigenvalue weighted by Gasteiger charge is -2.24. The van der Waals surface area contributed by atoms with E-state index in [1.54, 1.807) is 0 Å². The average Bonchev–Trinajstić information content (AvgIpc) is 3.06. The number of amides is 1. The Balaban J connectivity index is 1.82. The summed E-state index contributed by atoms with van der Waals surface area (Å²) in [5.74, 6) is -2.06. The van der Waals surface area contributed by atoms with Crippen LogP contribution in [-0.4, -0.2) is 29.0 Å². The van der Waals surface area contributed by atoms with Gasteiger partial charge in [-0.1, -0.05) is 6.92 Å². The third kappa shape index (κ3) is 6.16. The fraction of sp³-hybridized carbons (Fsp3) is 0.421. The molecule has 0 atom stereocenters. The van der Waals surface area contributed by atoms with E-state index in [9.17, 15) is 18.4 Å². The SMILES string of the molecule is CCC(C)(C)NC(=O)COC(=O)CCc1ncc(-c2ccc(F)cc2F)o1. The topological polar surface area (TPSA) is 81.4 Å². The quantitative estimate of drug-likeness (QED) is 0.710. The number of carbonyl (C=O) groups is 2. The molecule has 2 aromatic rings. The van der Waals surface area contributed by atoms with Gasteiger partial charge in [0.05, 0.1) is 18.2 Å². The minimum atomic E-state index is -0.766. The van der Waals surface area contributed by atoms with Gasteiger partial charge in [0.1, 0.15) is 11.6 Å². The predicted molar refractivity (Wildman–Crippen MR) is 93.6 cm³/mol. The highest BCUT2D eigenvalue weighted by molar-refractivity contribution is 5.81. The molecule has 8 heteroatoms. The third-order valence-electron chi connectivity index (χ3n) is 4.02. The number of benzene rings is 1. The monoisotopic (exact) mass is 380 g/mol. The number of esters is 1. The van der Waals surface area contributed by atoms with Crippen molar-refractivity contribution in [3.63, 3.8) is 0 Å². The summed E-state index contributed by atoms with van der Waals surface area (Å²) in [5.41, 5.74) is -0.291. The fourth-order valence-electron chi connectivity index (χ4n) is 2.17. The van der Waals surface area contributed by atoms with Crippen molar-refractivity contribution in [1.82, 2.24) is 10.3 Å². The third-order valence-corrected chi connectivity index (χ3v) is 4.02. The van der Waals surface area contributed by atoms with Crippen LogP contribution in [0.2, 0.25) is 0 Å². The second-order valence-electron chi connectivity index (χ2n) is 6.69. The van der Waals surface area contributed by atoms with Crippen molar-refractivity contribution in [2.45, 2.75) is 45.6 Å². The van der Waals surface area contributed by atoms with Crippen LogP contribution in [0.25, 0.3) is 11.3 Å².